The van der Waals surface area contributed by atoms with E-state index in [4.69, 9.17) is 22.9 Å². The van der Waals surface area contributed by atoms with Crippen molar-refractivity contribution in [3.05, 3.63) is 119 Å². The molecule has 0 spiro atoms. The van der Waals surface area contributed by atoms with E-state index in [-0.39, 0.29) is 35.7 Å². The topological polar surface area (TPSA) is 254 Å². The van der Waals surface area contributed by atoms with E-state index in [0.29, 0.717) is 26.2 Å². The van der Waals surface area contributed by atoms with Crippen LogP contribution in [0.25, 0.3) is 0 Å². The Kier molecular flexibility index (Phi) is 10.8. The average molecular weight is 671 g/mol. The van der Waals surface area contributed by atoms with E-state index < -0.39 is 0 Å². The van der Waals surface area contributed by atoms with Gasteiger partial charge in [0, 0.05) is 48.9 Å². The van der Waals surface area contributed by atoms with Gasteiger partial charge in [0.05, 0.1) is 0 Å². The molecular weight excluding hydrogens is 632 g/mol. The van der Waals surface area contributed by atoms with E-state index in [2.05, 4.69) is 62.0 Å². The van der Waals surface area contributed by atoms with Gasteiger partial charge in [-0.25, -0.2) is 0 Å². The predicted octanol–water partition coefficient (Wildman–Crippen LogP) is 4.30. The van der Waals surface area contributed by atoms with Crippen LogP contribution in [0.1, 0.15) is 22.3 Å². The number of anilines is 10. The highest BCUT2D eigenvalue weighted by Gasteiger charge is 2.12. The Morgan fingerprint density at radius 1 is 0.300 bits per heavy atom. The van der Waals surface area contributed by atoms with E-state index in [1.54, 1.807) is 0 Å². The number of rotatable bonds is 15. The third-order valence-corrected chi connectivity index (χ3v) is 7.34. The van der Waals surface area contributed by atoms with E-state index in [9.17, 15) is 0 Å². The lowest BCUT2D eigenvalue weighted by Crippen LogP contribution is -2.17. The van der Waals surface area contributed by atoms with E-state index >= 15 is 0 Å². The fourth-order valence-corrected chi connectivity index (χ4v) is 4.61. The van der Waals surface area contributed by atoms with Gasteiger partial charge in [0.1, 0.15) is 0 Å². The number of aromatic nitrogens is 6. The predicted molar refractivity (Wildman–Crippen MR) is 197 cm³/mol. The van der Waals surface area contributed by atoms with Crippen molar-refractivity contribution in [2.75, 3.05) is 32.1 Å². The number of nitrogens with one attached hydrogen (secondary N) is 6. The normalized spacial score (nSPS) is 10.7. The van der Waals surface area contributed by atoms with Crippen LogP contribution >= 0.6 is 0 Å². The summed E-state index contributed by atoms with van der Waals surface area (Å²) in [6.07, 6.45) is 0. The molecule has 0 unspecified atom stereocenters. The highest BCUT2D eigenvalue weighted by atomic mass is 15.5. The molecule has 16 nitrogen and oxygen atoms in total. The molecule has 0 saturated heterocycles. The molecule has 0 bridgehead atoms. The second kappa shape index (κ2) is 16.1. The number of hydrogen-bond donors (Lipinski definition) is 10. The van der Waals surface area contributed by atoms with Crippen LogP contribution < -0.4 is 55.1 Å². The lowest BCUT2D eigenvalue weighted by Gasteiger charge is -2.14. The Labute approximate surface area is 288 Å². The van der Waals surface area contributed by atoms with Crippen LogP contribution in [-0.4, -0.2) is 29.9 Å². The molecule has 254 valence electrons. The van der Waals surface area contributed by atoms with Gasteiger partial charge in [0.15, 0.2) is 0 Å². The Morgan fingerprint density at radius 2 is 0.500 bits per heavy atom. The number of nitrogens with zero attached hydrogens (tertiary/aromatic N) is 6. The summed E-state index contributed by atoms with van der Waals surface area (Å²) in [6, 6.07) is 30.6. The standard InChI is InChI=1S/C34H38N16/c35-17-21-1-9-25(10-2-21)39-29-43-30(40-26-11-3-22(18-36)4-12-26)46-33(45-29)49-50-34-47-31(41-27-13-5-23(19-37)6-14-27)44-32(48-34)42-28-15-7-24(20-38)8-16-28/h1-16H,17-20,35-38H2,(H3,39,40,43,45,46,49)(H3,41,42,44,47,48,50). The summed E-state index contributed by atoms with van der Waals surface area (Å²) in [5, 5.41) is 12.9. The molecule has 0 aliphatic rings. The highest BCUT2D eigenvalue weighted by Crippen LogP contribution is 2.22. The number of hydrogen-bond acceptors (Lipinski definition) is 16. The maximum absolute atomic E-state index is 5.77. The smallest absolute Gasteiger partial charge is 0.248 e. The molecule has 0 aliphatic heterocycles. The summed E-state index contributed by atoms with van der Waals surface area (Å²) in [6.45, 7) is 1.76. The van der Waals surface area contributed by atoms with Crippen LogP contribution in [0.3, 0.4) is 0 Å². The lowest BCUT2D eigenvalue weighted by molar-refractivity contribution is 1.02. The second-order valence-electron chi connectivity index (χ2n) is 11.0. The number of benzene rings is 4. The summed E-state index contributed by atoms with van der Waals surface area (Å²) in [7, 11) is 0. The molecule has 0 radical (unpaired) electrons. The molecule has 0 atom stereocenters. The fraction of sp³-hybridized carbons (Fsp3) is 0.118. The third kappa shape index (κ3) is 9.12. The number of hydrazine groups is 1. The first kappa shape index (κ1) is 33.4. The molecule has 14 N–H and O–H groups in total. The Balaban J connectivity index is 1.27. The molecule has 6 aromatic rings. The van der Waals surface area contributed by atoms with Crippen molar-refractivity contribution in [2.45, 2.75) is 26.2 Å². The van der Waals surface area contributed by atoms with E-state index in [1.165, 1.54) is 0 Å². The first-order valence-corrected chi connectivity index (χ1v) is 15.8. The van der Waals surface area contributed by atoms with Gasteiger partial charge in [-0.3, -0.25) is 10.9 Å². The van der Waals surface area contributed by atoms with Gasteiger partial charge in [-0.1, -0.05) is 48.5 Å². The fourth-order valence-electron chi connectivity index (χ4n) is 4.61. The van der Waals surface area contributed by atoms with Crippen molar-refractivity contribution in [3.63, 3.8) is 0 Å². The molecule has 0 saturated carbocycles. The van der Waals surface area contributed by atoms with Gasteiger partial charge in [-0.05, 0) is 70.8 Å². The molecule has 0 aliphatic carbocycles. The molecule has 0 fully saturated rings. The summed E-state index contributed by atoms with van der Waals surface area (Å²) in [5.41, 5.74) is 36.2. The minimum absolute atomic E-state index is 0.182. The zero-order valence-electron chi connectivity index (χ0n) is 27.1. The minimum atomic E-state index is 0.182. The lowest BCUT2D eigenvalue weighted by atomic mass is 10.2. The highest BCUT2D eigenvalue weighted by molar-refractivity contribution is 5.62. The first-order chi connectivity index (χ1) is 24.5. The summed E-state index contributed by atoms with van der Waals surface area (Å²) >= 11 is 0. The zero-order chi connectivity index (χ0) is 34.7. The van der Waals surface area contributed by atoms with Crippen LogP contribution in [-0.2, 0) is 26.2 Å². The van der Waals surface area contributed by atoms with Crippen LogP contribution in [0.2, 0.25) is 0 Å². The van der Waals surface area contributed by atoms with Gasteiger partial charge in [-0.2, -0.15) is 29.9 Å². The number of nitrogens with two attached hydrogens (primary N) is 4. The Bertz CT molecular complexity index is 1700. The Morgan fingerprint density at radius 3 is 0.700 bits per heavy atom. The van der Waals surface area contributed by atoms with Crippen LogP contribution in [0.4, 0.5) is 58.4 Å². The van der Waals surface area contributed by atoms with Gasteiger partial charge in [-0.15, -0.1) is 0 Å². The monoisotopic (exact) mass is 670 g/mol. The van der Waals surface area contributed by atoms with Gasteiger partial charge in [0.25, 0.3) is 0 Å². The Hall–Kier alpha value is -6.46. The van der Waals surface area contributed by atoms with Crippen LogP contribution in [0, 0.1) is 0 Å². The molecule has 50 heavy (non-hydrogen) atoms. The van der Waals surface area contributed by atoms with Crippen LogP contribution in [0.5, 0.6) is 0 Å². The van der Waals surface area contributed by atoms with Gasteiger partial charge in [0.2, 0.25) is 35.7 Å². The summed E-state index contributed by atoms with van der Waals surface area (Å²) < 4.78 is 0. The quantitative estimate of drug-likeness (QED) is 0.0683. The van der Waals surface area contributed by atoms with Gasteiger partial charge >= 0.3 is 0 Å². The van der Waals surface area contributed by atoms with E-state index in [0.717, 1.165) is 45.0 Å². The second-order valence-corrected chi connectivity index (χ2v) is 11.0. The van der Waals surface area contributed by atoms with Crippen molar-refractivity contribution in [1.82, 2.24) is 29.9 Å². The van der Waals surface area contributed by atoms with Crippen molar-refractivity contribution >= 4 is 58.4 Å². The largest absolute Gasteiger partial charge is 0.326 e. The first-order valence-electron chi connectivity index (χ1n) is 15.8. The maximum atomic E-state index is 5.77. The van der Waals surface area contributed by atoms with Crippen molar-refractivity contribution in [1.29, 1.82) is 0 Å². The minimum Gasteiger partial charge on any atom is -0.326 e. The molecule has 2 aromatic heterocycles. The van der Waals surface area contributed by atoms with Gasteiger partial charge < -0.3 is 44.2 Å². The van der Waals surface area contributed by atoms with Crippen molar-refractivity contribution in [3.8, 4) is 0 Å². The third-order valence-electron chi connectivity index (χ3n) is 7.34. The molecular formula is C34H38N16. The van der Waals surface area contributed by atoms with Crippen molar-refractivity contribution in [2.24, 2.45) is 22.9 Å². The molecule has 4 aromatic carbocycles. The molecule has 16 heteroatoms. The molecule has 6 rings (SSSR count). The zero-order valence-corrected chi connectivity index (χ0v) is 27.1. The maximum Gasteiger partial charge on any atom is 0.248 e. The summed E-state index contributed by atoms with van der Waals surface area (Å²) in [5.74, 6) is 1.50. The summed E-state index contributed by atoms with van der Waals surface area (Å²) in [4.78, 5) is 27.4. The molecule has 2 heterocycles. The van der Waals surface area contributed by atoms with Crippen molar-refractivity contribution < 1.29 is 0 Å². The van der Waals surface area contributed by atoms with Crippen LogP contribution in [0.15, 0.2) is 97.1 Å². The van der Waals surface area contributed by atoms with E-state index in [1.807, 2.05) is 97.1 Å². The SMILES string of the molecule is NCc1ccc(Nc2nc(NNc3nc(Nc4ccc(CN)cc4)nc(Nc4ccc(CN)cc4)n3)nc(Nc3ccc(CN)cc3)n2)cc1. The average Bonchev–Trinajstić information content (AvgIpc) is 3.15. The molecule has 0 amide bonds.